The van der Waals surface area contributed by atoms with Gasteiger partial charge in [0.2, 0.25) is 0 Å². The molecule has 3 heteroatoms. The first-order valence-electron chi connectivity index (χ1n) is 6.87. The summed E-state index contributed by atoms with van der Waals surface area (Å²) in [5.74, 6) is 0. The topological polar surface area (TPSA) is 33.1 Å². The summed E-state index contributed by atoms with van der Waals surface area (Å²) in [4.78, 5) is 4.42. The van der Waals surface area contributed by atoms with E-state index in [0.29, 0.717) is 11.4 Å². The first-order valence-corrected chi connectivity index (χ1v) is 7.25. The molecule has 1 aromatic heterocycles. The molecule has 1 unspecified atom stereocenters. The van der Waals surface area contributed by atoms with Gasteiger partial charge in [-0.3, -0.25) is 4.98 Å². The molecule has 106 valence electrons. The molecule has 0 fully saturated rings. The lowest BCUT2D eigenvalue weighted by atomic mass is 9.87. The van der Waals surface area contributed by atoms with E-state index in [-0.39, 0.29) is 0 Å². The smallest absolute Gasteiger partial charge is 0.0929 e. The lowest BCUT2D eigenvalue weighted by molar-refractivity contribution is 0.0590. The average Bonchev–Trinajstić information content (AvgIpc) is 2.49. The minimum Gasteiger partial charge on any atom is -0.385 e. The number of pyridine rings is 1. The van der Waals surface area contributed by atoms with Crippen molar-refractivity contribution in [2.24, 2.45) is 0 Å². The Balaban J connectivity index is 2.01. The summed E-state index contributed by atoms with van der Waals surface area (Å²) in [5, 5.41) is 12.7. The van der Waals surface area contributed by atoms with Crippen LogP contribution in [0.3, 0.4) is 0 Å². The Bertz CT molecular complexity index is 760. The third-order valence-electron chi connectivity index (χ3n) is 3.67. The molecule has 0 radical (unpaired) electrons. The average molecular weight is 298 g/mol. The van der Waals surface area contributed by atoms with Gasteiger partial charge < -0.3 is 5.11 Å². The van der Waals surface area contributed by atoms with E-state index in [2.05, 4.69) is 4.98 Å². The van der Waals surface area contributed by atoms with Crippen LogP contribution in [0, 0.1) is 0 Å². The minimum atomic E-state index is -0.984. The van der Waals surface area contributed by atoms with E-state index in [1.54, 1.807) is 6.20 Å². The molecule has 0 aliphatic rings. The van der Waals surface area contributed by atoms with Crippen molar-refractivity contribution in [3.05, 3.63) is 76.9 Å². The molecule has 1 atom stereocenters. The Hall–Kier alpha value is -1.90. The maximum absolute atomic E-state index is 10.9. The molecule has 1 N–H and O–H groups in total. The highest BCUT2D eigenvalue weighted by Gasteiger charge is 2.26. The van der Waals surface area contributed by atoms with Crippen LogP contribution in [0.4, 0.5) is 0 Å². The standard InChI is InChI=1S/C18H16ClNO/c1-18(21,12-13-7-9-15(19)10-8-13)16-6-2-4-14-5-3-11-20-17(14)16/h2-11,21H,12H2,1H3. The van der Waals surface area contributed by atoms with E-state index in [0.717, 1.165) is 22.0 Å². The Morgan fingerprint density at radius 2 is 1.76 bits per heavy atom. The van der Waals surface area contributed by atoms with Crippen molar-refractivity contribution in [1.29, 1.82) is 0 Å². The van der Waals surface area contributed by atoms with Gasteiger partial charge in [0, 0.05) is 28.6 Å². The zero-order valence-corrected chi connectivity index (χ0v) is 12.5. The molecule has 2 aromatic carbocycles. The molecule has 1 heterocycles. The van der Waals surface area contributed by atoms with Gasteiger partial charge >= 0.3 is 0 Å². The zero-order valence-electron chi connectivity index (χ0n) is 11.8. The summed E-state index contributed by atoms with van der Waals surface area (Å²) in [6.07, 6.45) is 2.27. The second-order valence-electron chi connectivity index (χ2n) is 5.46. The summed E-state index contributed by atoms with van der Waals surface area (Å²) >= 11 is 5.91. The van der Waals surface area contributed by atoms with E-state index in [1.807, 2.05) is 61.5 Å². The lowest BCUT2D eigenvalue weighted by Gasteiger charge is -2.25. The van der Waals surface area contributed by atoms with Gasteiger partial charge in [0.25, 0.3) is 0 Å². The van der Waals surface area contributed by atoms with E-state index < -0.39 is 5.60 Å². The summed E-state index contributed by atoms with van der Waals surface area (Å²) in [5.41, 5.74) is 1.74. The summed E-state index contributed by atoms with van der Waals surface area (Å²) < 4.78 is 0. The number of para-hydroxylation sites is 1. The van der Waals surface area contributed by atoms with E-state index in [1.165, 1.54) is 0 Å². The number of nitrogens with zero attached hydrogens (tertiary/aromatic N) is 1. The van der Waals surface area contributed by atoms with Crippen LogP contribution < -0.4 is 0 Å². The largest absolute Gasteiger partial charge is 0.385 e. The molecule has 3 rings (SSSR count). The third-order valence-corrected chi connectivity index (χ3v) is 3.93. The molecule has 0 bridgehead atoms. The first kappa shape index (κ1) is 14.1. The normalized spacial score (nSPS) is 14.0. The maximum atomic E-state index is 10.9. The van der Waals surface area contributed by atoms with E-state index in [4.69, 9.17) is 11.6 Å². The van der Waals surface area contributed by atoms with E-state index >= 15 is 0 Å². The molecule has 21 heavy (non-hydrogen) atoms. The number of rotatable bonds is 3. The van der Waals surface area contributed by atoms with Crippen molar-refractivity contribution >= 4 is 22.5 Å². The van der Waals surface area contributed by atoms with Gasteiger partial charge in [0.1, 0.15) is 0 Å². The monoisotopic (exact) mass is 297 g/mol. The molecule has 0 saturated carbocycles. The highest BCUT2D eigenvalue weighted by atomic mass is 35.5. The highest BCUT2D eigenvalue weighted by molar-refractivity contribution is 6.30. The van der Waals surface area contributed by atoms with Crippen molar-refractivity contribution < 1.29 is 5.11 Å². The predicted molar refractivity (Wildman–Crippen MR) is 86.5 cm³/mol. The molecule has 0 aliphatic carbocycles. The number of hydrogen-bond acceptors (Lipinski definition) is 2. The van der Waals surface area contributed by atoms with Crippen LogP contribution in [-0.4, -0.2) is 10.1 Å². The molecular weight excluding hydrogens is 282 g/mol. The van der Waals surface area contributed by atoms with Gasteiger partial charge in [-0.1, -0.05) is 48.0 Å². The summed E-state index contributed by atoms with van der Waals surface area (Å²) in [6, 6.07) is 17.4. The van der Waals surface area contributed by atoms with Crippen molar-refractivity contribution in [3.8, 4) is 0 Å². The quantitative estimate of drug-likeness (QED) is 0.780. The minimum absolute atomic E-state index is 0.514. The maximum Gasteiger partial charge on any atom is 0.0929 e. The van der Waals surface area contributed by atoms with E-state index in [9.17, 15) is 5.11 Å². The van der Waals surface area contributed by atoms with Crippen LogP contribution in [0.15, 0.2) is 60.8 Å². The third kappa shape index (κ3) is 2.92. The Morgan fingerprint density at radius 1 is 1.05 bits per heavy atom. The molecule has 3 aromatic rings. The number of benzene rings is 2. The van der Waals surface area contributed by atoms with Crippen LogP contribution in [0.5, 0.6) is 0 Å². The molecule has 2 nitrogen and oxygen atoms in total. The molecular formula is C18H16ClNO. The molecule has 0 aliphatic heterocycles. The number of aromatic nitrogens is 1. The van der Waals surface area contributed by atoms with Crippen molar-refractivity contribution in [2.75, 3.05) is 0 Å². The second kappa shape index (κ2) is 5.47. The number of hydrogen-bond donors (Lipinski definition) is 1. The Kier molecular flexibility index (Phi) is 3.66. The van der Waals surface area contributed by atoms with Crippen molar-refractivity contribution in [2.45, 2.75) is 18.9 Å². The summed E-state index contributed by atoms with van der Waals surface area (Å²) in [7, 11) is 0. The van der Waals surface area contributed by atoms with Gasteiger partial charge in [0.15, 0.2) is 0 Å². The van der Waals surface area contributed by atoms with Gasteiger partial charge in [-0.15, -0.1) is 0 Å². The Labute approximate surface area is 129 Å². The lowest BCUT2D eigenvalue weighted by Crippen LogP contribution is -2.24. The van der Waals surface area contributed by atoms with Gasteiger partial charge in [0.05, 0.1) is 11.1 Å². The van der Waals surface area contributed by atoms with Crippen molar-refractivity contribution in [1.82, 2.24) is 4.98 Å². The van der Waals surface area contributed by atoms with Crippen LogP contribution in [0.1, 0.15) is 18.1 Å². The first-order chi connectivity index (χ1) is 10.1. The second-order valence-corrected chi connectivity index (χ2v) is 5.89. The SMILES string of the molecule is CC(O)(Cc1ccc(Cl)cc1)c1cccc2cccnc12. The van der Waals surface area contributed by atoms with Gasteiger partial charge in [-0.2, -0.15) is 0 Å². The number of aliphatic hydroxyl groups is 1. The van der Waals surface area contributed by atoms with Gasteiger partial charge in [-0.25, -0.2) is 0 Å². The molecule has 0 spiro atoms. The fourth-order valence-electron chi connectivity index (χ4n) is 2.63. The number of fused-ring (bicyclic) bond motifs is 1. The Morgan fingerprint density at radius 3 is 2.52 bits per heavy atom. The van der Waals surface area contributed by atoms with Crippen LogP contribution in [-0.2, 0) is 12.0 Å². The fourth-order valence-corrected chi connectivity index (χ4v) is 2.76. The van der Waals surface area contributed by atoms with Gasteiger partial charge in [-0.05, 0) is 30.7 Å². The van der Waals surface area contributed by atoms with Crippen LogP contribution in [0.25, 0.3) is 10.9 Å². The highest BCUT2D eigenvalue weighted by Crippen LogP contribution is 2.30. The molecule has 0 amide bonds. The fraction of sp³-hybridized carbons (Fsp3) is 0.167. The van der Waals surface area contributed by atoms with Crippen LogP contribution in [0.2, 0.25) is 5.02 Å². The molecule has 0 saturated heterocycles. The van der Waals surface area contributed by atoms with Crippen LogP contribution >= 0.6 is 11.6 Å². The summed E-state index contributed by atoms with van der Waals surface area (Å²) in [6.45, 7) is 1.82. The zero-order chi connectivity index (χ0) is 14.9. The number of halogens is 1. The van der Waals surface area contributed by atoms with Crippen molar-refractivity contribution in [3.63, 3.8) is 0 Å². The predicted octanol–water partition coefficient (Wildman–Crippen LogP) is 4.34.